The molecule has 0 fully saturated rings. The Morgan fingerprint density at radius 2 is 1.83 bits per heavy atom. The Morgan fingerprint density at radius 3 is 2.50 bits per heavy atom. The molecule has 0 unspecified atom stereocenters. The van der Waals surface area contributed by atoms with Crippen LogP contribution in [0.3, 0.4) is 0 Å². The Balaban J connectivity index is 2.34. The highest BCUT2D eigenvalue weighted by Crippen LogP contribution is 2.32. The summed E-state index contributed by atoms with van der Waals surface area (Å²) in [7, 11) is 0. The van der Waals surface area contributed by atoms with Gasteiger partial charge in [0.25, 0.3) is 0 Å². The van der Waals surface area contributed by atoms with Gasteiger partial charge in [-0.25, -0.2) is 0 Å². The second kappa shape index (κ2) is 5.08. The van der Waals surface area contributed by atoms with Crippen molar-refractivity contribution >= 4 is 16.7 Å². The average molecular weight is 244 g/mol. The van der Waals surface area contributed by atoms with Crippen LogP contribution in [-0.4, -0.2) is 11.1 Å². The number of phenols is 1. The summed E-state index contributed by atoms with van der Waals surface area (Å²) in [6.45, 7) is 3.94. The van der Waals surface area contributed by atoms with Crippen molar-refractivity contribution < 1.29 is 14.6 Å². The first-order valence-electron chi connectivity index (χ1n) is 5.99. The van der Waals surface area contributed by atoms with Crippen molar-refractivity contribution in [1.29, 1.82) is 0 Å². The van der Waals surface area contributed by atoms with Crippen LogP contribution in [0, 0.1) is 5.92 Å². The van der Waals surface area contributed by atoms with Gasteiger partial charge in [0.05, 0.1) is 0 Å². The standard InChI is InChI=1S/C15H16O3/c1-10(2)9-15(17)18-14-8-7-13(16)11-5-3-4-6-12(11)14/h3-8,10,16H,9H2,1-2H3. The topological polar surface area (TPSA) is 46.5 Å². The molecule has 0 aliphatic carbocycles. The smallest absolute Gasteiger partial charge is 0.311 e. The van der Waals surface area contributed by atoms with Crippen LogP contribution >= 0.6 is 0 Å². The number of fused-ring (bicyclic) bond motifs is 1. The van der Waals surface area contributed by atoms with Gasteiger partial charge in [0.2, 0.25) is 0 Å². The van der Waals surface area contributed by atoms with Gasteiger partial charge in [-0.15, -0.1) is 0 Å². The molecule has 2 aromatic carbocycles. The van der Waals surface area contributed by atoms with Crippen molar-refractivity contribution in [3.05, 3.63) is 36.4 Å². The first kappa shape index (κ1) is 12.4. The van der Waals surface area contributed by atoms with Gasteiger partial charge < -0.3 is 9.84 Å². The van der Waals surface area contributed by atoms with Crippen LogP contribution in [0.5, 0.6) is 11.5 Å². The summed E-state index contributed by atoms with van der Waals surface area (Å²) in [6, 6.07) is 10.5. The highest BCUT2D eigenvalue weighted by molar-refractivity contribution is 5.94. The van der Waals surface area contributed by atoms with Gasteiger partial charge in [0.15, 0.2) is 0 Å². The molecule has 94 valence electrons. The van der Waals surface area contributed by atoms with E-state index in [1.165, 1.54) is 0 Å². The molecule has 18 heavy (non-hydrogen) atoms. The number of hydrogen-bond acceptors (Lipinski definition) is 3. The Labute approximate surface area is 106 Å². The predicted octanol–water partition coefficient (Wildman–Crippen LogP) is 3.50. The number of phenolic OH excluding ortho intramolecular Hbond substituents is 1. The van der Waals surface area contributed by atoms with Crippen LogP contribution in [0.4, 0.5) is 0 Å². The average Bonchev–Trinajstić information content (AvgIpc) is 2.32. The number of ether oxygens (including phenoxy) is 1. The molecule has 0 bridgehead atoms. The molecule has 0 aliphatic rings. The lowest BCUT2D eigenvalue weighted by Gasteiger charge is -2.09. The molecule has 0 amide bonds. The Bertz CT molecular complexity index is 573. The molecule has 0 heterocycles. The van der Waals surface area contributed by atoms with Crippen LogP contribution in [0.15, 0.2) is 36.4 Å². The van der Waals surface area contributed by atoms with Gasteiger partial charge >= 0.3 is 5.97 Å². The molecule has 1 N–H and O–H groups in total. The van der Waals surface area contributed by atoms with E-state index in [0.29, 0.717) is 17.6 Å². The summed E-state index contributed by atoms with van der Waals surface area (Å²) >= 11 is 0. The minimum Gasteiger partial charge on any atom is -0.507 e. The summed E-state index contributed by atoms with van der Waals surface area (Å²) in [5.74, 6) is 0.699. The van der Waals surface area contributed by atoms with Crippen molar-refractivity contribution in [2.45, 2.75) is 20.3 Å². The van der Waals surface area contributed by atoms with E-state index in [1.807, 2.05) is 32.0 Å². The van der Waals surface area contributed by atoms with Crippen molar-refractivity contribution in [3.8, 4) is 11.5 Å². The van der Waals surface area contributed by atoms with E-state index in [2.05, 4.69) is 0 Å². The second-order valence-corrected chi connectivity index (χ2v) is 4.70. The fourth-order valence-corrected chi connectivity index (χ4v) is 1.84. The molecule has 0 radical (unpaired) electrons. The van der Waals surface area contributed by atoms with Crippen LogP contribution in [-0.2, 0) is 4.79 Å². The van der Waals surface area contributed by atoms with Gasteiger partial charge in [-0.1, -0.05) is 38.1 Å². The third-order valence-corrected chi connectivity index (χ3v) is 2.66. The van der Waals surface area contributed by atoms with E-state index in [9.17, 15) is 9.90 Å². The van der Waals surface area contributed by atoms with E-state index in [-0.39, 0.29) is 17.6 Å². The highest BCUT2D eigenvalue weighted by Gasteiger charge is 2.11. The molecular weight excluding hydrogens is 228 g/mol. The zero-order valence-corrected chi connectivity index (χ0v) is 10.5. The predicted molar refractivity (Wildman–Crippen MR) is 70.7 cm³/mol. The Morgan fingerprint density at radius 1 is 1.17 bits per heavy atom. The van der Waals surface area contributed by atoms with Crippen LogP contribution in [0.25, 0.3) is 10.8 Å². The quantitative estimate of drug-likeness (QED) is 0.664. The maximum atomic E-state index is 11.7. The fraction of sp³-hybridized carbons (Fsp3) is 0.267. The maximum Gasteiger partial charge on any atom is 0.311 e. The zero-order chi connectivity index (χ0) is 13.1. The van der Waals surface area contributed by atoms with Gasteiger partial charge in [-0.3, -0.25) is 4.79 Å². The van der Waals surface area contributed by atoms with Gasteiger partial charge in [0.1, 0.15) is 11.5 Å². The largest absolute Gasteiger partial charge is 0.507 e. The second-order valence-electron chi connectivity index (χ2n) is 4.70. The van der Waals surface area contributed by atoms with Gasteiger partial charge in [0, 0.05) is 17.2 Å². The molecule has 0 saturated carbocycles. The van der Waals surface area contributed by atoms with Crippen LogP contribution < -0.4 is 4.74 Å². The number of esters is 1. The molecule has 2 aromatic rings. The van der Waals surface area contributed by atoms with E-state index in [0.717, 1.165) is 5.39 Å². The minimum absolute atomic E-state index is 0.189. The number of benzene rings is 2. The summed E-state index contributed by atoms with van der Waals surface area (Å²) in [5.41, 5.74) is 0. The van der Waals surface area contributed by atoms with E-state index >= 15 is 0 Å². The molecule has 0 saturated heterocycles. The van der Waals surface area contributed by atoms with E-state index in [4.69, 9.17) is 4.74 Å². The molecule has 2 rings (SSSR count). The lowest BCUT2D eigenvalue weighted by atomic mass is 10.1. The van der Waals surface area contributed by atoms with E-state index < -0.39 is 0 Å². The van der Waals surface area contributed by atoms with Gasteiger partial charge in [-0.05, 0) is 18.1 Å². The SMILES string of the molecule is CC(C)CC(=O)Oc1ccc(O)c2ccccc12. The first-order chi connectivity index (χ1) is 8.58. The van der Waals surface area contributed by atoms with Crippen LogP contribution in [0.2, 0.25) is 0 Å². The third-order valence-electron chi connectivity index (χ3n) is 2.66. The minimum atomic E-state index is -0.249. The molecular formula is C15H16O3. The number of aromatic hydroxyl groups is 1. The van der Waals surface area contributed by atoms with Crippen molar-refractivity contribution in [2.24, 2.45) is 5.92 Å². The Kier molecular flexibility index (Phi) is 3.51. The van der Waals surface area contributed by atoms with Crippen LogP contribution in [0.1, 0.15) is 20.3 Å². The summed E-state index contributed by atoms with van der Waals surface area (Å²) in [6.07, 6.45) is 0.384. The number of rotatable bonds is 3. The summed E-state index contributed by atoms with van der Waals surface area (Å²) in [5, 5.41) is 11.2. The van der Waals surface area contributed by atoms with Gasteiger partial charge in [-0.2, -0.15) is 0 Å². The third kappa shape index (κ3) is 2.62. The summed E-state index contributed by atoms with van der Waals surface area (Å²) in [4.78, 5) is 11.7. The summed E-state index contributed by atoms with van der Waals surface area (Å²) < 4.78 is 5.34. The van der Waals surface area contributed by atoms with Crippen molar-refractivity contribution in [3.63, 3.8) is 0 Å². The molecule has 0 aliphatic heterocycles. The monoisotopic (exact) mass is 244 g/mol. The normalized spacial score (nSPS) is 10.8. The fourth-order valence-electron chi connectivity index (χ4n) is 1.84. The van der Waals surface area contributed by atoms with E-state index in [1.54, 1.807) is 18.2 Å². The number of carbonyl (C=O) groups excluding carboxylic acids is 1. The van der Waals surface area contributed by atoms with Crippen molar-refractivity contribution in [2.75, 3.05) is 0 Å². The highest BCUT2D eigenvalue weighted by atomic mass is 16.5. The van der Waals surface area contributed by atoms with Crippen molar-refractivity contribution in [1.82, 2.24) is 0 Å². The zero-order valence-electron chi connectivity index (χ0n) is 10.5. The first-order valence-corrected chi connectivity index (χ1v) is 5.99. The maximum absolute atomic E-state index is 11.7. The lowest BCUT2D eigenvalue weighted by Crippen LogP contribution is -2.10. The number of hydrogen-bond donors (Lipinski definition) is 1. The lowest BCUT2D eigenvalue weighted by molar-refractivity contribution is -0.135. The molecule has 0 atom stereocenters. The molecule has 3 heteroatoms. The molecule has 0 spiro atoms. The number of carbonyl (C=O) groups is 1. The molecule has 3 nitrogen and oxygen atoms in total. The molecule has 0 aromatic heterocycles. The Hall–Kier alpha value is -2.03.